The first kappa shape index (κ1) is 13.1. The molecule has 0 unspecified atom stereocenters. The SMILES string of the molecule is CN(C)CCC(=O)CCc1ccc2c(c1)CCO2. The maximum atomic E-state index is 11.7. The Bertz CT molecular complexity index is 427. The van der Waals surface area contributed by atoms with Crippen LogP contribution in [0.2, 0.25) is 0 Å². The minimum atomic E-state index is 0.348. The van der Waals surface area contributed by atoms with Gasteiger partial charge in [-0.2, -0.15) is 0 Å². The van der Waals surface area contributed by atoms with Crippen LogP contribution >= 0.6 is 0 Å². The van der Waals surface area contributed by atoms with Gasteiger partial charge in [0, 0.05) is 25.8 Å². The smallest absolute Gasteiger partial charge is 0.134 e. The minimum absolute atomic E-state index is 0.348. The molecule has 0 saturated heterocycles. The summed E-state index contributed by atoms with van der Waals surface area (Å²) in [7, 11) is 3.99. The predicted octanol–water partition coefficient (Wildman–Crippen LogP) is 2.07. The molecule has 0 atom stereocenters. The third-order valence-corrected chi connectivity index (χ3v) is 3.28. The molecule has 98 valence electrons. The van der Waals surface area contributed by atoms with E-state index in [1.54, 1.807) is 0 Å². The van der Waals surface area contributed by atoms with Crippen LogP contribution in [0.3, 0.4) is 0 Å². The molecule has 1 aliphatic rings. The summed E-state index contributed by atoms with van der Waals surface area (Å²) in [6, 6.07) is 6.28. The lowest BCUT2D eigenvalue weighted by Gasteiger charge is -2.08. The third kappa shape index (κ3) is 3.57. The van der Waals surface area contributed by atoms with Crippen LogP contribution in [0.15, 0.2) is 18.2 Å². The summed E-state index contributed by atoms with van der Waals surface area (Å²) in [5.41, 5.74) is 2.53. The maximum absolute atomic E-state index is 11.7. The van der Waals surface area contributed by atoms with Crippen molar-refractivity contribution in [2.75, 3.05) is 27.2 Å². The average molecular weight is 247 g/mol. The largest absolute Gasteiger partial charge is 0.493 e. The van der Waals surface area contributed by atoms with Gasteiger partial charge in [0.25, 0.3) is 0 Å². The molecule has 0 spiro atoms. The Morgan fingerprint density at radius 1 is 1.33 bits per heavy atom. The topological polar surface area (TPSA) is 29.5 Å². The summed E-state index contributed by atoms with van der Waals surface area (Å²) in [5, 5.41) is 0. The minimum Gasteiger partial charge on any atom is -0.493 e. The molecule has 0 amide bonds. The Balaban J connectivity index is 1.81. The Morgan fingerprint density at radius 3 is 2.94 bits per heavy atom. The lowest BCUT2D eigenvalue weighted by molar-refractivity contribution is -0.119. The van der Waals surface area contributed by atoms with E-state index >= 15 is 0 Å². The number of benzene rings is 1. The summed E-state index contributed by atoms with van der Waals surface area (Å²) in [5.74, 6) is 1.36. The zero-order chi connectivity index (χ0) is 13.0. The lowest BCUT2D eigenvalue weighted by Crippen LogP contribution is -2.16. The van der Waals surface area contributed by atoms with Crippen molar-refractivity contribution in [3.63, 3.8) is 0 Å². The van der Waals surface area contributed by atoms with Crippen LogP contribution in [-0.2, 0) is 17.6 Å². The van der Waals surface area contributed by atoms with Crippen molar-refractivity contribution in [3.8, 4) is 5.75 Å². The lowest BCUT2D eigenvalue weighted by atomic mass is 10.0. The van der Waals surface area contributed by atoms with E-state index in [9.17, 15) is 4.79 Å². The second-order valence-corrected chi connectivity index (χ2v) is 5.13. The molecule has 0 fully saturated rings. The number of Topliss-reactive ketones (excluding diaryl/α,β-unsaturated/α-hetero) is 1. The van der Waals surface area contributed by atoms with Gasteiger partial charge in [-0.15, -0.1) is 0 Å². The van der Waals surface area contributed by atoms with Gasteiger partial charge in [0.2, 0.25) is 0 Å². The highest BCUT2D eigenvalue weighted by molar-refractivity contribution is 5.78. The van der Waals surface area contributed by atoms with Crippen molar-refractivity contribution in [1.29, 1.82) is 0 Å². The molecule has 0 bridgehead atoms. The molecule has 18 heavy (non-hydrogen) atoms. The van der Waals surface area contributed by atoms with Crippen molar-refractivity contribution in [3.05, 3.63) is 29.3 Å². The molecule has 3 nitrogen and oxygen atoms in total. The third-order valence-electron chi connectivity index (χ3n) is 3.28. The molecule has 0 aliphatic carbocycles. The first-order valence-electron chi connectivity index (χ1n) is 6.56. The number of carbonyl (C=O) groups excluding carboxylic acids is 1. The van der Waals surface area contributed by atoms with Gasteiger partial charge in [-0.25, -0.2) is 0 Å². The Kier molecular flexibility index (Phi) is 4.37. The molecule has 0 aromatic heterocycles. The highest BCUT2D eigenvalue weighted by atomic mass is 16.5. The van der Waals surface area contributed by atoms with E-state index in [1.807, 2.05) is 25.1 Å². The fourth-order valence-electron chi connectivity index (χ4n) is 2.15. The quantitative estimate of drug-likeness (QED) is 0.771. The number of hydrogen-bond acceptors (Lipinski definition) is 3. The van der Waals surface area contributed by atoms with E-state index in [2.05, 4.69) is 12.1 Å². The van der Waals surface area contributed by atoms with Crippen molar-refractivity contribution in [1.82, 2.24) is 4.90 Å². The number of ketones is 1. The first-order chi connectivity index (χ1) is 8.65. The summed E-state index contributed by atoms with van der Waals surface area (Å²) in [6.45, 7) is 1.64. The molecule has 0 saturated carbocycles. The van der Waals surface area contributed by atoms with Crippen LogP contribution in [0.25, 0.3) is 0 Å². The van der Waals surface area contributed by atoms with E-state index in [0.717, 1.165) is 31.7 Å². The number of hydrogen-bond donors (Lipinski definition) is 0. The van der Waals surface area contributed by atoms with E-state index in [1.165, 1.54) is 11.1 Å². The molecule has 1 aromatic rings. The van der Waals surface area contributed by atoms with Crippen LogP contribution in [0.5, 0.6) is 5.75 Å². The Hall–Kier alpha value is -1.35. The van der Waals surface area contributed by atoms with Crippen LogP contribution in [0.4, 0.5) is 0 Å². The second-order valence-electron chi connectivity index (χ2n) is 5.13. The molecule has 0 N–H and O–H groups in total. The molecule has 3 heteroatoms. The average Bonchev–Trinajstić information content (AvgIpc) is 2.81. The van der Waals surface area contributed by atoms with Crippen molar-refractivity contribution in [2.45, 2.75) is 25.7 Å². The van der Waals surface area contributed by atoms with Crippen molar-refractivity contribution < 1.29 is 9.53 Å². The van der Waals surface area contributed by atoms with E-state index < -0.39 is 0 Å². The van der Waals surface area contributed by atoms with E-state index in [4.69, 9.17) is 4.74 Å². The fourth-order valence-corrected chi connectivity index (χ4v) is 2.15. The molecule has 1 heterocycles. The number of nitrogens with zero attached hydrogens (tertiary/aromatic N) is 1. The van der Waals surface area contributed by atoms with Gasteiger partial charge >= 0.3 is 0 Å². The molecule has 2 rings (SSSR count). The Labute approximate surface area is 109 Å². The number of aryl methyl sites for hydroxylation is 1. The summed E-state index contributed by atoms with van der Waals surface area (Å²) in [6.07, 6.45) is 3.14. The highest BCUT2D eigenvalue weighted by Crippen LogP contribution is 2.26. The molecular formula is C15H21NO2. The van der Waals surface area contributed by atoms with Gasteiger partial charge in [0.15, 0.2) is 0 Å². The fraction of sp³-hybridized carbons (Fsp3) is 0.533. The normalized spacial score (nSPS) is 13.5. The van der Waals surface area contributed by atoms with E-state index in [0.29, 0.717) is 18.6 Å². The molecule has 1 aliphatic heterocycles. The summed E-state index contributed by atoms with van der Waals surface area (Å²) >= 11 is 0. The van der Waals surface area contributed by atoms with Crippen molar-refractivity contribution in [2.24, 2.45) is 0 Å². The Morgan fingerprint density at radius 2 is 2.17 bits per heavy atom. The van der Waals surface area contributed by atoms with Gasteiger partial charge in [0.05, 0.1) is 6.61 Å². The highest BCUT2D eigenvalue weighted by Gasteiger charge is 2.12. The maximum Gasteiger partial charge on any atom is 0.134 e. The number of carbonyl (C=O) groups is 1. The van der Waals surface area contributed by atoms with Gasteiger partial charge in [-0.1, -0.05) is 12.1 Å². The first-order valence-corrected chi connectivity index (χ1v) is 6.56. The number of ether oxygens (including phenoxy) is 1. The number of rotatable bonds is 6. The molecule has 1 aromatic carbocycles. The van der Waals surface area contributed by atoms with Gasteiger partial charge in [-0.05, 0) is 37.7 Å². The van der Waals surface area contributed by atoms with Gasteiger partial charge in [0.1, 0.15) is 11.5 Å². The van der Waals surface area contributed by atoms with Crippen LogP contribution in [0.1, 0.15) is 24.0 Å². The van der Waals surface area contributed by atoms with Crippen molar-refractivity contribution >= 4 is 5.78 Å². The molecule has 0 radical (unpaired) electrons. The van der Waals surface area contributed by atoms with Gasteiger partial charge in [-0.3, -0.25) is 4.79 Å². The van der Waals surface area contributed by atoms with Gasteiger partial charge < -0.3 is 9.64 Å². The predicted molar refractivity (Wildman–Crippen MR) is 72.1 cm³/mol. The molecular weight excluding hydrogens is 226 g/mol. The summed E-state index contributed by atoms with van der Waals surface area (Å²) in [4.78, 5) is 13.7. The zero-order valence-electron chi connectivity index (χ0n) is 11.2. The number of fused-ring (bicyclic) bond motifs is 1. The van der Waals surface area contributed by atoms with Crippen LogP contribution in [-0.4, -0.2) is 37.9 Å². The standard InChI is InChI=1S/C15H21NO2/c1-16(2)9-7-14(17)5-3-12-4-6-15-13(11-12)8-10-18-15/h4,6,11H,3,5,7-10H2,1-2H3. The van der Waals surface area contributed by atoms with Crippen LogP contribution < -0.4 is 4.74 Å². The van der Waals surface area contributed by atoms with E-state index in [-0.39, 0.29) is 0 Å². The monoisotopic (exact) mass is 247 g/mol. The van der Waals surface area contributed by atoms with Crippen LogP contribution in [0, 0.1) is 0 Å². The zero-order valence-corrected chi connectivity index (χ0v) is 11.2. The second kappa shape index (κ2) is 6.01. The summed E-state index contributed by atoms with van der Waals surface area (Å²) < 4.78 is 5.47.